The minimum Gasteiger partial charge on any atom is -0.293 e. The van der Waals surface area contributed by atoms with Gasteiger partial charge in [0.25, 0.3) is 0 Å². The van der Waals surface area contributed by atoms with Gasteiger partial charge in [-0.15, -0.1) is 12.4 Å². The monoisotopic (exact) mass is 262 g/mol. The first-order valence-corrected chi connectivity index (χ1v) is 6.65. The first kappa shape index (κ1) is 13.4. The number of nitrogens with zero attached hydrogens (tertiary/aromatic N) is 2. The standard InChI is InChI=1S/C15H18N2.ClH/c16-11-12-5-1-2-7-14(12)15-9-8-13-6-3-4-10-17(13)15;/h1-2,5,7,13,15H,3-4,6,8-10H2;1H. The Balaban J connectivity index is 0.00000120. The predicted octanol–water partition coefficient (Wildman–Crippen LogP) is 3.67. The predicted molar refractivity (Wildman–Crippen MR) is 74.7 cm³/mol. The van der Waals surface area contributed by atoms with Crippen LogP contribution in [0.5, 0.6) is 0 Å². The minimum absolute atomic E-state index is 0. The van der Waals surface area contributed by atoms with Crippen LogP contribution in [0.25, 0.3) is 0 Å². The van der Waals surface area contributed by atoms with Crippen molar-refractivity contribution in [1.82, 2.24) is 4.90 Å². The molecule has 3 rings (SSSR count). The van der Waals surface area contributed by atoms with Crippen molar-refractivity contribution in [2.24, 2.45) is 0 Å². The molecule has 1 aromatic rings. The van der Waals surface area contributed by atoms with Gasteiger partial charge in [-0.2, -0.15) is 5.26 Å². The summed E-state index contributed by atoms with van der Waals surface area (Å²) in [6.45, 7) is 1.22. The molecular formula is C15H19ClN2. The zero-order valence-electron chi connectivity index (χ0n) is 10.5. The molecule has 1 aromatic carbocycles. The molecule has 0 aliphatic carbocycles. The number of benzene rings is 1. The molecule has 2 unspecified atom stereocenters. The van der Waals surface area contributed by atoms with Crippen LogP contribution in [0, 0.1) is 11.3 Å². The maximum atomic E-state index is 9.21. The third-order valence-corrected chi connectivity index (χ3v) is 4.29. The van der Waals surface area contributed by atoms with Gasteiger partial charge >= 0.3 is 0 Å². The van der Waals surface area contributed by atoms with Crippen molar-refractivity contribution < 1.29 is 0 Å². The van der Waals surface area contributed by atoms with E-state index in [9.17, 15) is 5.26 Å². The van der Waals surface area contributed by atoms with Gasteiger partial charge in [0.2, 0.25) is 0 Å². The summed E-state index contributed by atoms with van der Waals surface area (Å²) >= 11 is 0. The summed E-state index contributed by atoms with van der Waals surface area (Å²) in [6, 6.07) is 11.7. The summed E-state index contributed by atoms with van der Waals surface area (Å²) in [5.74, 6) is 0. The van der Waals surface area contributed by atoms with E-state index in [1.165, 1.54) is 44.2 Å². The van der Waals surface area contributed by atoms with Crippen LogP contribution in [-0.4, -0.2) is 17.5 Å². The third kappa shape index (κ3) is 2.25. The Labute approximate surface area is 115 Å². The number of hydrogen-bond acceptors (Lipinski definition) is 2. The van der Waals surface area contributed by atoms with Gasteiger partial charge in [-0.05, 0) is 43.9 Å². The molecule has 18 heavy (non-hydrogen) atoms. The minimum atomic E-state index is 0. The van der Waals surface area contributed by atoms with Crippen molar-refractivity contribution in [1.29, 1.82) is 5.26 Å². The highest BCUT2D eigenvalue weighted by atomic mass is 35.5. The molecule has 0 aromatic heterocycles. The molecule has 2 aliphatic heterocycles. The van der Waals surface area contributed by atoms with E-state index >= 15 is 0 Å². The lowest BCUT2D eigenvalue weighted by atomic mass is 9.99. The Kier molecular flexibility index (Phi) is 4.27. The van der Waals surface area contributed by atoms with Crippen LogP contribution in [0.4, 0.5) is 0 Å². The van der Waals surface area contributed by atoms with E-state index in [1.807, 2.05) is 12.1 Å². The van der Waals surface area contributed by atoms with Gasteiger partial charge in [0.05, 0.1) is 11.6 Å². The van der Waals surface area contributed by atoms with Crippen LogP contribution in [0.2, 0.25) is 0 Å². The topological polar surface area (TPSA) is 27.0 Å². The van der Waals surface area contributed by atoms with Gasteiger partial charge in [0.1, 0.15) is 0 Å². The van der Waals surface area contributed by atoms with Gasteiger partial charge < -0.3 is 0 Å². The van der Waals surface area contributed by atoms with E-state index in [0.717, 1.165) is 11.6 Å². The van der Waals surface area contributed by atoms with E-state index in [4.69, 9.17) is 0 Å². The molecule has 2 saturated heterocycles. The molecule has 0 radical (unpaired) electrons. The zero-order chi connectivity index (χ0) is 11.7. The van der Waals surface area contributed by atoms with Gasteiger partial charge in [-0.1, -0.05) is 24.6 Å². The quantitative estimate of drug-likeness (QED) is 0.772. The van der Waals surface area contributed by atoms with Crippen molar-refractivity contribution in [2.45, 2.75) is 44.2 Å². The molecule has 0 spiro atoms. The van der Waals surface area contributed by atoms with Crippen LogP contribution < -0.4 is 0 Å². The molecule has 3 heteroatoms. The van der Waals surface area contributed by atoms with E-state index in [-0.39, 0.29) is 12.4 Å². The van der Waals surface area contributed by atoms with Crippen LogP contribution in [0.15, 0.2) is 24.3 Å². The second kappa shape index (κ2) is 5.73. The van der Waals surface area contributed by atoms with E-state index < -0.39 is 0 Å². The summed E-state index contributed by atoms with van der Waals surface area (Å²) < 4.78 is 0. The van der Waals surface area contributed by atoms with Crippen molar-refractivity contribution in [3.8, 4) is 6.07 Å². The zero-order valence-corrected chi connectivity index (χ0v) is 11.3. The molecule has 2 fully saturated rings. The van der Waals surface area contributed by atoms with Crippen LogP contribution in [0.3, 0.4) is 0 Å². The Morgan fingerprint density at radius 3 is 2.78 bits per heavy atom. The third-order valence-electron chi connectivity index (χ3n) is 4.29. The Bertz CT molecular complexity index is 452. The maximum absolute atomic E-state index is 9.21. The van der Waals surface area contributed by atoms with Crippen LogP contribution >= 0.6 is 12.4 Å². The molecule has 0 saturated carbocycles. The first-order chi connectivity index (χ1) is 8.40. The summed E-state index contributed by atoms with van der Waals surface area (Å²) in [5.41, 5.74) is 2.11. The molecule has 2 heterocycles. The molecular weight excluding hydrogens is 244 g/mol. The van der Waals surface area contributed by atoms with Crippen molar-refractivity contribution >= 4 is 12.4 Å². The Morgan fingerprint density at radius 1 is 1.11 bits per heavy atom. The highest BCUT2D eigenvalue weighted by Crippen LogP contribution is 2.41. The SMILES string of the molecule is Cl.N#Cc1ccccc1C1CCC2CCCCN21. The summed E-state index contributed by atoms with van der Waals surface area (Å²) in [7, 11) is 0. The lowest BCUT2D eigenvalue weighted by Crippen LogP contribution is -2.36. The van der Waals surface area contributed by atoms with Crippen molar-refractivity contribution in [2.75, 3.05) is 6.54 Å². The van der Waals surface area contributed by atoms with Crippen LogP contribution in [0.1, 0.15) is 49.3 Å². The fourth-order valence-electron chi connectivity index (χ4n) is 3.48. The van der Waals surface area contributed by atoms with Gasteiger partial charge in [-0.25, -0.2) is 0 Å². The lowest BCUT2D eigenvalue weighted by molar-refractivity contribution is 0.150. The number of hydrogen-bond donors (Lipinski definition) is 0. The van der Waals surface area contributed by atoms with Gasteiger partial charge in [0, 0.05) is 12.1 Å². The van der Waals surface area contributed by atoms with Gasteiger partial charge in [0.15, 0.2) is 0 Å². The van der Waals surface area contributed by atoms with E-state index in [0.29, 0.717) is 6.04 Å². The molecule has 96 valence electrons. The smallest absolute Gasteiger partial charge is 0.0995 e. The van der Waals surface area contributed by atoms with Crippen molar-refractivity contribution in [3.05, 3.63) is 35.4 Å². The largest absolute Gasteiger partial charge is 0.293 e. The van der Waals surface area contributed by atoms with Crippen LogP contribution in [-0.2, 0) is 0 Å². The van der Waals surface area contributed by atoms with E-state index in [1.54, 1.807) is 0 Å². The number of piperidine rings is 1. The lowest BCUT2D eigenvalue weighted by Gasteiger charge is -2.34. The number of nitriles is 1. The first-order valence-electron chi connectivity index (χ1n) is 6.65. The molecule has 2 atom stereocenters. The molecule has 0 N–H and O–H groups in total. The maximum Gasteiger partial charge on any atom is 0.0995 e. The summed E-state index contributed by atoms with van der Waals surface area (Å²) in [4.78, 5) is 2.64. The summed E-state index contributed by atoms with van der Waals surface area (Å²) in [6.07, 6.45) is 6.59. The Morgan fingerprint density at radius 2 is 1.94 bits per heavy atom. The average molecular weight is 263 g/mol. The summed E-state index contributed by atoms with van der Waals surface area (Å²) in [5, 5.41) is 9.21. The molecule has 0 amide bonds. The normalized spacial score (nSPS) is 27.1. The second-order valence-corrected chi connectivity index (χ2v) is 5.18. The fourth-order valence-corrected chi connectivity index (χ4v) is 3.48. The average Bonchev–Trinajstić information content (AvgIpc) is 2.82. The molecule has 2 nitrogen and oxygen atoms in total. The highest BCUT2D eigenvalue weighted by Gasteiger charge is 2.36. The van der Waals surface area contributed by atoms with E-state index in [2.05, 4.69) is 23.1 Å². The molecule has 0 bridgehead atoms. The fraction of sp³-hybridized carbons (Fsp3) is 0.533. The van der Waals surface area contributed by atoms with Crippen molar-refractivity contribution in [3.63, 3.8) is 0 Å². The van der Waals surface area contributed by atoms with Gasteiger partial charge in [-0.3, -0.25) is 4.90 Å². The number of halogens is 1. The second-order valence-electron chi connectivity index (χ2n) is 5.18. The highest BCUT2D eigenvalue weighted by molar-refractivity contribution is 5.85. The molecule has 2 aliphatic rings. The Hall–Kier alpha value is -1.04. The number of fused-ring (bicyclic) bond motifs is 1. The number of rotatable bonds is 1.